The van der Waals surface area contributed by atoms with Gasteiger partial charge in [0.05, 0.1) is 0 Å². The molecule has 1 heterocycles. The lowest BCUT2D eigenvalue weighted by Crippen LogP contribution is -2.48. The van der Waals surface area contributed by atoms with E-state index in [4.69, 9.17) is 0 Å². The van der Waals surface area contributed by atoms with E-state index in [-0.39, 0.29) is 12.1 Å². The molecule has 0 aromatic heterocycles. The van der Waals surface area contributed by atoms with Crippen molar-refractivity contribution in [3.8, 4) is 0 Å². The minimum Gasteiger partial charge on any atom is -0.347 e. The molecule has 1 aliphatic rings. The number of alkyl halides is 2. The third-order valence-electron chi connectivity index (χ3n) is 3.49. The zero-order valence-corrected chi connectivity index (χ0v) is 11.3. The number of halogens is 4. The number of carbonyl (C=O) groups is 1. The van der Waals surface area contributed by atoms with Crippen LogP contribution in [0.25, 0.3) is 0 Å². The normalized spacial score (nSPS) is 19.8. The monoisotopic (exact) mass is 304 g/mol. The number of carbonyl (C=O) groups excluding carboxylic acids is 1. The highest BCUT2D eigenvalue weighted by Crippen LogP contribution is 2.18. The van der Waals surface area contributed by atoms with E-state index in [1.54, 1.807) is 4.90 Å². The van der Waals surface area contributed by atoms with Gasteiger partial charge in [0.2, 0.25) is 0 Å². The standard InChI is InChI=1S/C14H16F4N2O/c15-11-4-1-5-12(16)10(11)8-20-6-2-3-9(7-20)19-14(21)13(17)18/h1,4-5,9,13H,2-3,6-8H2,(H,19,21). The van der Waals surface area contributed by atoms with Crippen LogP contribution in [0.4, 0.5) is 17.6 Å². The molecule has 1 atom stereocenters. The summed E-state index contributed by atoms with van der Waals surface area (Å²) < 4.78 is 51.6. The van der Waals surface area contributed by atoms with Gasteiger partial charge in [-0.3, -0.25) is 9.69 Å². The summed E-state index contributed by atoms with van der Waals surface area (Å²) in [7, 11) is 0. The van der Waals surface area contributed by atoms with Crippen molar-refractivity contribution in [3.63, 3.8) is 0 Å². The molecule has 1 aromatic rings. The number of benzene rings is 1. The van der Waals surface area contributed by atoms with E-state index in [0.29, 0.717) is 25.9 Å². The van der Waals surface area contributed by atoms with Gasteiger partial charge in [-0.1, -0.05) is 6.07 Å². The Kier molecular flexibility index (Phi) is 5.17. The lowest BCUT2D eigenvalue weighted by Gasteiger charge is -2.33. The van der Waals surface area contributed by atoms with E-state index in [1.165, 1.54) is 18.2 Å². The number of hydrogen-bond donors (Lipinski definition) is 1. The molecule has 1 amide bonds. The molecular weight excluding hydrogens is 288 g/mol. The SMILES string of the molecule is O=C(NC1CCCN(Cc2c(F)cccc2F)C1)C(F)F. The molecule has 1 unspecified atom stereocenters. The molecule has 3 nitrogen and oxygen atoms in total. The highest BCUT2D eigenvalue weighted by molar-refractivity contribution is 5.79. The molecule has 1 aliphatic heterocycles. The summed E-state index contributed by atoms with van der Waals surface area (Å²) >= 11 is 0. The van der Waals surface area contributed by atoms with Crippen LogP contribution in [0, 0.1) is 11.6 Å². The highest BCUT2D eigenvalue weighted by Gasteiger charge is 2.25. The van der Waals surface area contributed by atoms with Gasteiger partial charge in [-0.2, -0.15) is 8.78 Å². The molecule has 7 heteroatoms. The zero-order valence-electron chi connectivity index (χ0n) is 11.3. The quantitative estimate of drug-likeness (QED) is 0.866. The maximum absolute atomic E-state index is 13.6. The number of nitrogens with one attached hydrogen (secondary N) is 1. The maximum Gasteiger partial charge on any atom is 0.315 e. The third-order valence-corrected chi connectivity index (χ3v) is 3.49. The summed E-state index contributed by atoms with van der Waals surface area (Å²) in [6, 6.07) is 3.22. The Hall–Kier alpha value is -1.63. The predicted octanol–water partition coefficient (Wildman–Crippen LogP) is 2.31. The Morgan fingerprint density at radius 2 is 2.00 bits per heavy atom. The van der Waals surface area contributed by atoms with Crippen LogP contribution >= 0.6 is 0 Å². The highest BCUT2D eigenvalue weighted by atomic mass is 19.3. The minimum absolute atomic E-state index is 0.0432. The molecule has 1 aromatic carbocycles. The van der Waals surface area contributed by atoms with E-state index in [1.807, 2.05) is 0 Å². The number of likely N-dealkylation sites (tertiary alicyclic amines) is 1. The van der Waals surface area contributed by atoms with Gasteiger partial charge >= 0.3 is 6.43 Å². The van der Waals surface area contributed by atoms with E-state index in [2.05, 4.69) is 5.32 Å². The van der Waals surface area contributed by atoms with E-state index >= 15 is 0 Å². The van der Waals surface area contributed by atoms with E-state index < -0.39 is 30.0 Å². The molecule has 0 radical (unpaired) electrons. The molecular formula is C14H16F4N2O. The average molecular weight is 304 g/mol. The van der Waals surface area contributed by atoms with Crippen LogP contribution in [0.2, 0.25) is 0 Å². The van der Waals surface area contributed by atoms with Crippen LogP contribution in [0.15, 0.2) is 18.2 Å². The van der Waals surface area contributed by atoms with Gasteiger partial charge in [-0.15, -0.1) is 0 Å². The van der Waals surface area contributed by atoms with E-state index in [0.717, 1.165) is 0 Å². The predicted molar refractivity (Wildman–Crippen MR) is 68.8 cm³/mol. The van der Waals surface area contributed by atoms with Crippen LogP contribution < -0.4 is 5.32 Å². The number of nitrogens with zero attached hydrogens (tertiary/aromatic N) is 1. The molecule has 0 aliphatic carbocycles. The van der Waals surface area contributed by atoms with Crippen LogP contribution in [-0.4, -0.2) is 36.4 Å². The van der Waals surface area contributed by atoms with Crippen molar-refractivity contribution in [1.82, 2.24) is 10.2 Å². The van der Waals surface area contributed by atoms with Crippen molar-refractivity contribution < 1.29 is 22.4 Å². The Balaban J connectivity index is 1.97. The second kappa shape index (κ2) is 6.89. The molecule has 0 bridgehead atoms. The van der Waals surface area contributed by atoms with Crippen molar-refractivity contribution >= 4 is 5.91 Å². The van der Waals surface area contributed by atoms with Gasteiger partial charge in [0, 0.05) is 24.7 Å². The van der Waals surface area contributed by atoms with Crippen molar-refractivity contribution in [1.29, 1.82) is 0 Å². The molecule has 1 fully saturated rings. The fourth-order valence-corrected chi connectivity index (χ4v) is 2.49. The van der Waals surface area contributed by atoms with Crippen molar-refractivity contribution in [2.75, 3.05) is 13.1 Å². The van der Waals surface area contributed by atoms with Gasteiger partial charge in [0.25, 0.3) is 5.91 Å². The van der Waals surface area contributed by atoms with Gasteiger partial charge in [-0.25, -0.2) is 8.78 Å². The van der Waals surface area contributed by atoms with Crippen molar-refractivity contribution in [2.45, 2.75) is 31.9 Å². The van der Waals surface area contributed by atoms with Gasteiger partial charge in [0.15, 0.2) is 0 Å². The van der Waals surface area contributed by atoms with Crippen LogP contribution in [0.1, 0.15) is 18.4 Å². The summed E-state index contributed by atoms with van der Waals surface area (Å²) in [6.07, 6.45) is -1.80. The molecule has 2 rings (SSSR count). The molecule has 0 saturated carbocycles. The number of piperidine rings is 1. The molecule has 1 saturated heterocycles. The average Bonchev–Trinajstić information content (AvgIpc) is 2.43. The first kappa shape index (κ1) is 15.8. The Bertz CT molecular complexity index is 489. The van der Waals surface area contributed by atoms with E-state index in [9.17, 15) is 22.4 Å². The first-order valence-electron chi connectivity index (χ1n) is 6.71. The van der Waals surface area contributed by atoms with Gasteiger partial charge in [0.1, 0.15) is 11.6 Å². The summed E-state index contributed by atoms with van der Waals surface area (Å²) in [5.74, 6) is -2.57. The molecule has 0 spiro atoms. The van der Waals surface area contributed by atoms with Crippen molar-refractivity contribution in [2.24, 2.45) is 0 Å². The lowest BCUT2D eigenvalue weighted by molar-refractivity contribution is -0.132. The van der Waals surface area contributed by atoms with Crippen LogP contribution in [-0.2, 0) is 11.3 Å². The maximum atomic E-state index is 13.6. The molecule has 1 N–H and O–H groups in total. The second-order valence-electron chi connectivity index (χ2n) is 5.08. The zero-order chi connectivity index (χ0) is 15.4. The first-order chi connectivity index (χ1) is 9.97. The van der Waals surface area contributed by atoms with Gasteiger partial charge in [-0.05, 0) is 31.5 Å². The Morgan fingerprint density at radius 3 is 2.62 bits per heavy atom. The minimum atomic E-state index is -3.05. The lowest BCUT2D eigenvalue weighted by atomic mass is 10.0. The Morgan fingerprint density at radius 1 is 1.33 bits per heavy atom. The van der Waals surface area contributed by atoms with Crippen molar-refractivity contribution in [3.05, 3.63) is 35.4 Å². The summed E-state index contributed by atoms with van der Waals surface area (Å²) in [6.45, 7) is 0.959. The molecule has 21 heavy (non-hydrogen) atoms. The smallest absolute Gasteiger partial charge is 0.315 e. The number of rotatable bonds is 4. The second-order valence-corrected chi connectivity index (χ2v) is 5.08. The summed E-state index contributed by atoms with van der Waals surface area (Å²) in [5, 5.41) is 2.25. The third kappa shape index (κ3) is 4.17. The number of hydrogen-bond acceptors (Lipinski definition) is 2. The number of amides is 1. The topological polar surface area (TPSA) is 32.3 Å². The first-order valence-corrected chi connectivity index (χ1v) is 6.71. The van der Waals surface area contributed by atoms with Gasteiger partial charge < -0.3 is 5.32 Å². The Labute approximate surface area is 119 Å². The fraction of sp³-hybridized carbons (Fsp3) is 0.500. The summed E-state index contributed by atoms with van der Waals surface area (Å²) in [4.78, 5) is 12.7. The fourth-order valence-electron chi connectivity index (χ4n) is 2.49. The molecule has 116 valence electrons. The largest absolute Gasteiger partial charge is 0.347 e. The van der Waals surface area contributed by atoms with Crippen LogP contribution in [0.5, 0.6) is 0 Å². The summed E-state index contributed by atoms with van der Waals surface area (Å²) in [5.41, 5.74) is -0.0432. The van der Waals surface area contributed by atoms with Crippen LogP contribution in [0.3, 0.4) is 0 Å².